The van der Waals surface area contributed by atoms with Gasteiger partial charge in [0.15, 0.2) is 0 Å². The molecule has 1 atom stereocenters. The fourth-order valence-electron chi connectivity index (χ4n) is 1.80. The lowest BCUT2D eigenvalue weighted by Crippen LogP contribution is -2.26. The van der Waals surface area contributed by atoms with Crippen molar-refractivity contribution in [3.8, 4) is 6.07 Å². The molecule has 1 aromatic heterocycles. The Morgan fingerprint density at radius 1 is 1.33 bits per heavy atom. The number of nitrogens with one attached hydrogen (secondary N) is 1. The van der Waals surface area contributed by atoms with E-state index in [4.69, 9.17) is 21.3 Å². The molecule has 0 aliphatic rings. The number of furan rings is 1. The van der Waals surface area contributed by atoms with Gasteiger partial charge in [0, 0.05) is 0 Å². The van der Waals surface area contributed by atoms with Crippen LogP contribution in [0.5, 0.6) is 0 Å². The Bertz CT molecular complexity index is 806. The smallest absolute Gasteiger partial charge is 0.241 e. The molecule has 1 aromatic carbocycles. The van der Waals surface area contributed by atoms with E-state index in [1.807, 2.05) is 6.07 Å². The van der Waals surface area contributed by atoms with Crippen LogP contribution in [0.25, 0.3) is 0 Å². The molecule has 0 radical (unpaired) electrons. The molecule has 0 aliphatic carbocycles. The standard InChI is InChI=1S/C14H13ClN2O3S/c1-9-3-6-14(20-9)10(2)17-21(18,19)12-5-4-11(8-16)13(15)7-12/h3-7,10,17H,1-2H3/t10-/m0/s1. The molecule has 0 spiro atoms. The number of sulfonamides is 1. The molecule has 2 aromatic rings. The zero-order valence-corrected chi connectivity index (χ0v) is 13.0. The van der Waals surface area contributed by atoms with E-state index in [1.165, 1.54) is 18.2 Å². The van der Waals surface area contributed by atoms with E-state index in [9.17, 15) is 8.42 Å². The Kier molecular flexibility index (Phi) is 4.37. The molecule has 7 heteroatoms. The van der Waals surface area contributed by atoms with Gasteiger partial charge in [0.1, 0.15) is 17.6 Å². The highest BCUT2D eigenvalue weighted by Gasteiger charge is 2.21. The molecule has 110 valence electrons. The van der Waals surface area contributed by atoms with Crippen LogP contribution >= 0.6 is 11.6 Å². The number of rotatable bonds is 4. The van der Waals surface area contributed by atoms with Crippen molar-refractivity contribution < 1.29 is 12.8 Å². The van der Waals surface area contributed by atoms with Crippen LogP contribution in [0, 0.1) is 18.3 Å². The van der Waals surface area contributed by atoms with Crippen molar-refractivity contribution in [3.05, 3.63) is 52.4 Å². The summed E-state index contributed by atoms with van der Waals surface area (Å²) in [6.45, 7) is 3.46. The molecule has 0 bridgehead atoms. The second-order valence-electron chi connectivity index (χ2n) is 4.54. The monoisotopic (exact) mass is 324 g/mol. The molecule has 0 saturated carbocycles. The SMILES string of the molecule is Cc1ccc([C@H](C)NS(=O)(=O)c2ccc(C#N)c(Cl)c2)o1. The Labute approximate surface area is 128 Å². The maximum absolute atomic E-state index is 12.3. The minimum absolute atomic E-state index is 0.00151. The maximum atomic E-state index is 12.3. The largest absolute Gasteiger partial charge is 0.465 e. The molecule has 1 N–H and O–H groups in total. The van der Waals surface area contributed by atoms with Gasteiger partial charge in [0.2, 0.25) is 10.0 Å². The minimum Gasteiger partial charge on any atom is -0.465 e. The van der Waals surface area contributed by atoms with E-state index < -0.39 is 16.1 Å². The van der Waals surface area contributed by atoms with Gasteiger partial charge in [-0.2, -0.15) is 5.26 Å². The van der Waals surface area contributed by atoms with Gasteiger partial charge >= 0.3 is 0 Å². The van der Waals surface area contributed by atoms with Gasteiger partial charge in [0.05, 0.1) is 21.5 Å². The minimum atomic E-state index is -3.75. The van der Waals surface area contributed by atoms with Crippen molar-refractivity contribution in [2.75, 3.05) is 0 Å². The lowest BCUT2D eigenvalue weighted by atomic mass is 10.2. The topological polar surface area (TPSA) is 83.1 Å². The summed E-state index contributed by atoms with van der Waals surface area (Å²) in [7, 11) is -3.75. The van der Waals surface area contributed by atoms with E-state index in [0.29, 0.717) is 11.5 Å². The first-order valence-corrected chi connectivity index (χ1v) is 7.98. The van der Waals surface area contributed by atoms with Crippen LogP contribution in [0.15, 0.2) is 39.6 Å². The van der Waals surface area contributed by atoms with E-state index in [0.717, 1.165) is 0 Å². The predicted octanol–water partition coefficient (Wildman–Crippen LogP) is 3.15. The number of halogens is 1. The second kappa shape index (κ2) is 5.90. The fourth-order valence-corrected chi connectivity index (χ4v) is 3.32. The Morgan fingerprint density at radius 3 is 2.57 bits per heavy atom. The third-order valence-corrected chi connectivity index (χ3v) is 4.74. The maximum Gasteiger partial charge on any atom is 0.241 e. The Morgan fingerprint density at radius 2 is 2.05 bits per heavy atom. The highest BCUT2D eigenvalue weighted by Crippen LogP contribution is 2.23. The van der Waals surface area contributed by atoms with Gasteiger partial charge in [0.25, 0.3) is 0 Å². The number of aryl methyl sites for hydroxylation is 1. The summed E-state index contributed by atoms with van der Waals surface area (Å²) < 4.78 is 32.5. The van der Waals surface area contributed by atoms with Crippen molar-refractivity contribution in [1.82, 2.24) is 4.72 Å². The average molecular weight is 325 g/mol. The molecular formula is C14H13ClN2O3S. The zero-order valence-electron chi connectivity index (χ0n) is 11.4. The normalized spacial score (nSPS) is 12.9. The van der Waals surface area contributed by atoms with Gasteiger partial charge in [-0.25, -0.2) is 13.1 Å². The van der Waals surface area contributed by atoms with E-state index >= 15 is 0 Å². The highest BCUT2D eigenvalue weighted by molar-refractivity contribution is 7.89. The van der Waals surface area contributed by atoms with Gasteiger partial charge in [-0.15, -0.1) is 0 Å². The third kappa shape index (κ3) is 3.45. The molecule has 2 rings (SSSR count). The highest BCUT2D eigenvalue weighted by atomic mass is 35.5. The Hall–Kier alpha value is -1.81. The summed E-state index contributed by atoms with van der Waals surface area (Å²) in [6.07, 6.45) is 0. The number of hydrogen-bond acceptors (Lipinski definition) is 4. The third-order valence-electron chi connectivity index (χ3n) is 2.89. The molecule has 1 heterocycles. The lowest BCUT2D eigenvalue weighted by molar-refractivity contribution is 0.441. The quantitative estimate of drug-likeness (QED) is 0.936. The molecule has 0 fully saturated rings. The molecule has 0 saturated heterocycles. The van der Waals surface area contributed by atoms with Gasteiger partial charge in [-0.1, -0.05) is 11.6 Å². The summed E-state index contributed by atoms with van der Waals surface area (Å²) in [4.78, 5) is 0.00151. The first-order chi connectivity index (χ1) is 9.83. The molecule has 0 amide bonds. The van der Waals surface area contributed by atoms with Crippen LogP contribution in [0.1, 0.15) is 30.0 Å². The lowest BCUT2D eigenvalue weighted by Gasteiger charge is -2.12. The van der Waals surface area contributed by atoms with Crippen LogP contribution in [0.4, 0.5) is 0 Å². The van der Waals surface area contributed by atoms with E-state index in [1.54, 1.807) is 26.0 Å². The number of nitrogens with zero attached hydrogens (tertiary/aromatic N) is 1. The van der Waals surface area contributed by atoms with Crippen molar-refractivity contribution in [3.63, 3.8) is 0 Å². The number of nitriles is 1. The molecular weight excluding hydrogens is 312 g/mol. The van der Waals surface area contributed by atoms with Crippen molar-refractivity contribution >= 4 is 21.6 Å². The van der Waals surface area contributed by atoms with Crippen LogP contribution in [-0.2, 0) is 10.0 Å². The van der Waals surface area contributed by atoms with Crippen LogP contribution in [0.2, 0.25) is 5.02 Å². The second-order valence-corrected chi connectivity index (χ2v) is 6.67. The predicted molar refractivity (Wildman–Crippen MR) is 78.3 cm³/mol. The Balaban J connectivity index is 2.26. The van der Waals surface area contributed by atoms with Crippen LogP contribution in [0.3, 0.4) is 0 Å². The van der Waals surface area contributed by atoms with Crippen molar-refractivity contribution in [2.24, 2.45) is 0 Å². The van der Waals surface area contributed by atoms with Crippen molar-refractivity contribution in [1.29, 1.82) is 5.26 Å². The summed E-state index contributed by atoms with van der Waals surface area (Å²) in [5.74, 6) is 1.23. The zero-order chi connectivity index (χ0) is 15.6. The summed E-state index contributed by atoms with van der Waals surface area (Å²) in [5.41, 5.74) is 0.227. The average Bonchev–Trinajstić information content (AvgIpc) is 2.85. The van der Waals surface area contributed by atoms with Gasteiger partial charge in [-0.05, 0) is 44.2 Å². The summed E-state index contributed by atoms with van der Waals surface area (Å²) >= 11 is 5.86. The number of benzene rings is 1. The van der Waals surface area contributed by atoms with Crippen LogP contribution < -0.4 is 4.72 Å². The number of hydrogen-bond donors (Lipinski definition) is 1. The molecule has 0 aliphatic heterocycles. The first-order valence-electron chi connectivity index (χ1n) is 6.12. The molecule has 5 nitrogen and oxygen atoms in total. The van der Waals surface area contributed by atoms with Gasteiger partial charge < -0.3 is 4.42 Å². The van der Waals surface area contributed by atoms with Crippen molar-refractivity contribution in [2.45, 2.75) is 24.8 Å². The van der Waals surface area contributed by atoms with E-state index in [-0.39, 0.29) is 15.5 Å². The first kappa shape index (κ1) is 15.6. The summed E-state index contributed by atoms with van der Waals surface area (Å²) in [6, 6.07) is 8.81. The molecule has 21 heavy (non-hydrogen) atoms. The van der Waals surface area contributed by atoms with E-state index in [2.05, 4.69) is 4.72 Å². The van der Waals surface area contributed by atoms with Crippen LogP contribution in [-0.4, -0.2) is 8.42 Å². The van der Waals surface area contributed by atoms with Gasteiger partial charge in [-0.3, -0.25) is 0 Å². The summed E-state index contributed by atoms with van der Waals surface area (Å²) in [5, 5.41) is 8.90. The molecule has 0 unspecified atom stereocenters. The fraction of sp³-hybridized carbons (Fsp3) is 0.214.